The largest absolute Gasteiger partial charge is 0.478 e. The van der Waals surface area contributed by atoms with Gasteiger partial charge in [0.05, 0.1) is 12.1 Å². The lowest BCUT2D eigenvalue weighted by Crippen LogP contribution is -2.49. The molecule has 0 spiro atoms. The van der Waals surface area contributed by atoms with Crippen molar-refractivity contribution in [2.45, 2.75) is 20.4 Å². The van der Waals surface area contributed by atoms with Gasteiger partial charge in [-0.25, -0.2) is 4.79 Å². The maximum atomic E-state index is 12.2. The summed E-state index contributed by atoms with van der Waals surface area (Å²) >= 11 is 0. The number of benzene rings is 1. The lowest BCUT2D eigenvalue weighted by atomic mass is 10.1. The summed E-state index contributed by atoms with van der Waals surface area (Å²) in [5, 5.41) is 8.93. The van der Waals surface area contributed by atoms with Crippen molar-refractivity contribution in [1.29, 1.82) is 0 Å². The summed E-state index contributed by atoms with van der Waals surface area (Å²) in [6, 6.07) is 7.05. The molecule has 24 heavy (non-hydrogen) atoms. The number of carbonyl (C=O) groups is 2. The third-order valence-corrected chi connectivity index (χ3v) is 4.55. The number of carboxylic acid groups (broad SMARTS) is 1. The number of hydrogen-bond acceptors (Lipinski definition) is 4. The van der Waals surface area contributed by atoms with E-state index < -0.39 is 5.97 Å². The smallest absolute Gasteiger partial charge is 0.335 e. The molecule has 0 aromatic heterocycles. The van der Waals surface area contributed by atoms with Crippen LogP contribution in [0.25, 0.3) is 0 Å². The molecule has 0 atom stereocenters. The zero-order valence-electron chi connectivity index (χ0n) is 14.6. The molecule has 0 unspecified atom stereocenters. The normalized spacial score (nSPS) is 16.1. The van der Waals surface area contributed by atoms with E-state index in [1.807, 2.05) is 30.9 Å². The fraction of sp³-hybridized carbons (Fsp3) is 0.556. The van der Waals surface area contributed by atoms with Gasteiger partial charge in [-0.3, -0.25) is 14.6 Å². The molecule has 2 rings (SSSR count). The van der Waals surface area contributed by atoms with Crippen molar-refractivity contribution in [2.24, 2.45) is 0 Å². The van der Waals surface area contributed by atoms with Crippen LogP contribution in [0.1, 0.15) is 29.8 Å². The summed E-state index contributed by atoms with van der Waals surface area (Å²) in [5.74, 6) is -0.689. The van der Waals surface area contributed by atoms with Crippen LogP contribution in [0.3, 0.4) is 0 Å². The van der Waals surface area contributed by atoms with E-state index >= 15 is 0 Å². The van der Waals surface area contributed by atoms with Crippen molar-refractivity contribution in [3.8, 4) is 0 Å². The molecule has 1 aromatic carbocycles. The molecule has 0 aliphatic carbocycles. The maximum absolute atomic E-state index is 12.2. The maximum Gasteiger partial charge on any atom is 0.335 e. The SMILES string of the molecule is CCN(CC)C(=O)CN1CCN(Cc2ccc(C(=O)O)cc2)CC1. The van der Waals surface area contributed by atoms with Gasteiger partial charge in [-0.2, -0.15) is 0 Å². The number of carbonyl (C=O) groups excluding carboxylic acids is 1. The van der Waals surface area contributed by atoms with Crippen LogP contribution in [-0.2, 0) is 11.3 Å². The summed E-state index contributed by atoms with van der Waals surface area (Å²) in [5.41, 5.74) is 1.44. The van der Waals surface area contributed by atoms with Crippen LogP contribution >= 0.6 is 0 Å². The molecule has 1 heterocycles. The first kappa shape index (κ1) is 18.4. The van der Waals surface area contributed by atoms with Crippen LogP contribution < -0.4 is 0 Å². The summed E-state index contributed by atoms with van der Waals surface area (Å²) in [7, 11) is 0. The van der Waals surface area contributed by atoms with Gasteiger partial charge in [0, 0.05) is 45.8 Å². The summed E-state index contributed by atoms with van der Waals surface area (Å²) in [6.07, 6.45) is 0. The van der Waals surface area contributed by atoms with Crippen molar-refractivity contribution in [2.75, 3.05) is 45.8 Å². The molecule has 6 nitrogen and oxygen atoms in total. The Labute approximate surface area is 143 Å². The van der Waals surface area contributed by atoms with Crippen LogP contribution in [0, 0.1) is 0 Å². The number of hydrogen-bond donors (Lipinski definition) is 1. The Morgan fingerprint density at radius 2 is 1.54 bits per heavy atom. The van der Waals surface area contributed by atoms with Gasteiger partial charge < -0.3 is 10.0 Å². The molecule has 0 saturated carbocycles. The Balaban J connectivity index is 1.78. The van der Waals surface area contributed by atoms with Gasteiger partial charge in [0.2, 0.25) is 5.91 Å². The first-order chi connectivity index (χ1) is 11.5. The number of nitrogens with zero attached hydrogens (tertiary/aromatic N) is 3. The van der Waals surface area contributed by atoms with Gasteiger partial charge in [-0.1, -0.05) is 12.1 Å². The summed E-state index contributed by atoms with van der Waals surface area (Å²) in [4.78, 5) is 29.5. The van der Waals surface area contributed by atoms with Gasteiger partial charge in [-0.15, -0.1) is 0 Å². The highest BCUT2D eigenvalue weighted by Crippen LogP contribution is 2.10. The second-order valence-corrected chi connectivity index (χ2v) is 6.12. The topological polar surface area (TPSA) is 64.1 Å². The number of likely N-dealkylation sites (N-methyl/N-ethyl adjacent to an activating group) is 1. The monoisotopic (exact) mass is 333 g/mol. The third kappa shape index (κ3) is 5.04. The minimum absolute atomic E-state index is 0.206. The molecule has 1 saturated heterocycles. The predicted octanol–water partition coefficient (Wildman–Crippen LogP) is 1.37. The molecular formula is C18H27N3O3. The second-order valence-electron chi connectivity index (χ2n) is 6.12. The number of aromatic carboxylic acids is 1. The average molecular weight is 333 g/mol. The van der Waals surface area contributed by atoms with Crippen molar-refractivity contribution >= 4 is 11.9 Å². The average Bonchev–Trinajstić information content (AvgIpc) is 2.58. The van der Waals surface area contributed by atoms with Crippen LogP contribution in [0.2, 0.25) is 0 Å². The fourth-order valence-corrected chi connectivity index (χ4v) is 2.98. The molecular weight excluding hydrogens is 306 g/mol. The Hall–Kier alpha value is -1.92. The van der Waals surface area contributed by atoms with E-state index in [9.17, 15) is 9.59 Å². The van der Waals surface area contributed by atoms with E-state index in [1.54, 1.807) is 12.1 Å². The van der Waals surface area contributed by atoms with Gasteiger partial charge in [0.1, 0.15) is 0 Å². The predicted molar refractivity (Wildman–Crippen MR) is 93.0 cm³/mol. The summed E-state index contributed by atoms with van der Waals surface area (Å²) in [6.45, 7) is 10.5. The van der Waals surface area contributed by atoms with Gasteiger partial charge in [-0.05, 0) is 31.5 Å². The van der Waals surface area contributed by atoms with Crippen molar-refractivity contribution < 1.29 is 14.7 Å². The van der Waals surface area contributed by atoms with Gasteiger partial charge in [0.15, 0.2) is 0 Å². The quantitative estimate of drug-likeness (QED) is 0.816. The number of amides is 1. The van der Waals surface area contributed by atoms with Crippen molar-refractivity contribution in [1.82, 2.24) is 14.7 Å². The Morgan fingerprint density at radius 1 is 1.00 bits per heavy atom. The zero-order chi connectivity index (χ0) is 17.5. The van der Waals surface area contributed by atoms with E-state index in [0.29, 0.717) is 12.1 Å². The minimum atomic E-state index is -0.895. The highest BCUT2D eigenvalue weighted by molar-refractivity contribution is 5.87. The van der Waals surface area contributed by atoms with Gasteiger partial charge in [0.25, 0.3) is 0 Å². The minimum Gasteiger partial charge on any atom is -0.478 e. The molecule has 132 valence electrons. The molecule has 6 heteroatoms. The van der Waals surface area contributed by atoms with Crippen LogP contribution in [-0.4, -0.2) is 77.5 Å². The van der Waals surface area contributed by atoms with E-state index in [0.717, 1.165) is 51.4 Å². The van der Waals surface area contributed by atoms with E-state index in [-0.39, 0.29) is 5.91 Å². The highest BCUT2D eigenvalue weighted by Gasteiger charge is 2.20. The standard InChI is InChI=1S/C18H27N3O3/c1-3-21(4-2)17(22)14-20-11-9-19(10-12-20)13-15-5-7-16(8-6-15)18(23)24/h5-8H,3-4,9-14H2,1-2H3,(H,23,24). The third-order valence-electron chi connectivity index (χ3n) is 4.55. The van der Waals surface area contributed by atoms with Crippen LogP contribution in [0.4, 0.5) is 0 Å². The lowest BCUT2D eigenvalue weighted by Gasteiger charge is -2.35. The number of rotatable bonds is 7. The Morgan fingerprint density at radius 3 is 2.04 bits per heavy atom. The van der Waals surface area contributed by atoms with E-state index in [4.69, 9.17) is 5.11 Å². The van der Waals surface area contributed by atoms with Gasteiger partial charge >= 0.3 is 5.97 Å². The van der Waals surface area contributed by atoms with Crippen LogP contribution in [0.5, 0.6) is 0 Å². The van der Waals surface area contributed by atoms with Crippen LogP contribution in [0.15, 0.2) is 24.3 Å². The fourth-order valence-electron chi connectivity index (χ4n) is 2.98. The first-order valence-corrected chi connectivity index (χ1v) is 8.58. The van der Waals surface area contributed by atoms with Crippen molar-refractivity contribution in [3.63, 3.8) is 0 Å². The van der Waals surface area contributed by atoms with E-state index in [2.05, 4.69) is 9.80 Å². The molecule has 1 aliphatic rings. The first-order valence-electron chi connectivity index (χ1n) is 8.58. The highest BCUT2D eigenvalue weighted by atomic mass is 16.4. The summed E-state index contributed by atoms with van der Waals surface area (Å²) < 4.78 is 0. The molecule has 1 aromatic rings. The van der Waals surface area contributed by atoms with Crippen molar-refractivity contribution in [3.05, 3.63) is 35.4 Å². The molecule has 0 radical (unpaired) electrons. The van der Waals surface area contributed by atoms with E-state index in [1.165, 1.54) is 0 Å². The number of carboxylic acids is 1. The lowest BCUT2D eigenvalue weighted by molar-refractivity contribution is -0.132. The molecule has 1 N–H and O–H groups in total. The molecule has 0 bridgehead atoms. The number of piperazine rings is 1. The molecule has 1 aliphatic heterocycles. The second kappa shape index (κ2) is 8.80. The Bertz CT molecular complexity index is 547. The zero-order valence-corrected chi connectivity index (χ0v) is 14.6. The Kier molecular flexibility index (Phi) is 6.75. The molecule has 1 amide bonds. The molecule has 1 fully saturated rings.